The molecule has 12 heteroatoms. The number of fused-ring (bicyclic) bond motifs is 2. The number of ether oxygens (including phenoxy) is 2. The van der Waals surface area contributed by atoms with Crippen molar-refractivity contribution in [2.45, 2.75) is 0 Å². The van der Waals surface area contributed by atoms with Gasteiger partial charge in [-0.2, -0.15) is 0 Å². The van der Waals surface area contributed by atoms with Crippen LogP contribution in [0.3, 0.4) is 0 Å². The van der Waals surface area contributed by atoms with Crippen molar-refractivity contribution in [3.05, 3.63) is 54.6 Å². The molecule has 2 aliphatic heterocycles. The first-order chi connectivity index (χ1) is 17.5. The van der Waals surface area contributed by atoms with Crippen LogP contribution in [0, 0.1) is 0 Å². The molecule has 0 spiro atoms. The molecule has 0 saturated carbocycles. The molecule has 2 aromatic heterocycles. The van der Waals surface area contributed by atoms with Crippen molar-refractivity contribution in [2.75, 3.05) is 62.4 Å². The summed E-state index contributed by atoms with van der Waals surface area (Å²) in [5.41, 5.74) is 3.55. The summed E-state index contributed by atoms with van der Waals surface area (Å²) in [5, 5.41) is 0. The lowest BCUT2D eigenvalue weighted by atomic mass is 10.3. The molecule has 8 nitrogen and oxygen atoms in total. The molecule has 4 aromatic rings. The lowest BCUT2D eigenvalue weighted by Gasteiger charge is -2.27. The monoisotopic (exact) mass is 742 g/mol. The van der Waals surface area contributed by atoms with Gasteiger partial charge >= 0.3 is 0 Å². The van der Waals surface area contributed by atoms with E-state index in [0.29, 0.717) is 0 Å². The maximum absolute atomic E-state index is 5.34. The van der Waals surface area contributed by atoms with Gasteiger partial charge < -0.3 is 19.3 Å². The highest BCUT2D eigenvalue weighted by Crippen LogP contribution is 2.28. The van der Waals surface area contributed by atoms with E-state index in [0.717, 1.165) is 104 Å². The second kappa shape index (κ2) is 12.0. The summed E-state index contributed by atoms with van der Waals surface area (Å²) in [4.78, 5) is 22.7. The van der Waals surface area contributed by atoms with Crippen LogP contribution in [0.25, 0.3) is 22.1 Å². The Morgan fingerprint density at radius 1 is 0.583 bits per heavy atom. The summed E-state index contributed by atoms with van der Waals surface area (Å²) in [6.07, 6.45) is 3.65. The quantitative estimate of drug-likeness (QED) is 0.248. The van der Waals surface area contributed by atoms with E-state index < -0.39 is 0 Å². The average Bonchev–Trinajstić information content (AvgIpc) is 2.89. The molecule has 0 bridgehead atoms. The Morgan fingerprint density at radius 2 is 1.08 bits per heavy atom. The zero-order chi connectivity index (χ0) is 25.1. The molecule has 2 aliphatic rings. The normalized spacial score (nSPS) is 16.2. The molecule has 2 saturated heterocycles. The van der Waals surface area contributed by atoms with E-state index in [2.05, 4.69) is 93.5 Å². The molecule has 0 unspecified atom stereocenters. The van der Waals surface area contributed by atoms with E-state index in [-0.39, 0.29) is 0 Å². The van der Waals surface area contributed by atoms with Crippen LogP contribution in [0.15, 0.2) is 54.6 Å². The van der Waals surface area contributed by atoms with Gasteiger partial charge in [-0.3, -0.25) is 4.98 Å². The lowest BCUT2D eigenvalue weighted by Crippen LogP contribution is -2.36. The molecule has 0 N–H and O–H groups in total. The minimum absolute atomic E-state index is 0.751. The zero-order valence-electron chi connectivity index (χ0n) is 19.1. The number of halogens is 4. The second-order valence-electron chi connectivity index (χ2n) is 8.17. The van der Waals surface area contributed by atoms with Crippen molar-refractivity contribution in [3.8, 4) is 0 Å². The van der Waals surface area contributed by atoms with Crippen molar-refractivity contribution < 1.29 is 9.47 Å². The number of nitrogens with zero attached hydrogens (tertiary/aromatic N) is 6. The molecule has 4 heterocycles. The third-order valence-corrected chi connectivity index (χ3v) is 7.90. The van der Waals surface area contributed by atoms with Gasteiger partial charge in [0.15, 0.2) is 0 Å². The summed E-state index contributed by atoms with van der Waals surface area (Å²) in [6.45, 7) is 6.49. The van der Waals surface area contributed by atoms with Crippen molar-refractivity contribution in [3.63, 3.8) is 0 Å². The number of anilines is 2. The number of aromatic nitrogens is 4. The first-order valence-electron chi connectivity index (χ1n) is 11.4. The maximum Gasteiger partial charge on any atom is 0.148 e. The lowest BCUT2D eigenvalue weighted by molar-refractivity contribution is 0.122. The zero-order valence-corrected chi connectivity index (χ0v) is 25.5. The summed E-state index contributed by atoms with van der Waals surface area (Å²) in [5.74, 6) is 1.82. The molecule has 188 valence electrons. The Bertz CT molecular complexity index is 1380. The molecule has 0 radical (unpaired) electrons. The standard InChI is InChI=1S/2C12H11Br2N3O/c13-8-5-9(14)12-10(6-8)16-11(7-15-12)17-1-3-18-4-2-17;13-8-5-9(14)12-10(6-8)15-7-11(16-12)17-1-3-18-4-2-17/h2*5-7H,1-4H2. The summed E-state index contributed by atoms with van der Waals surface area (Å²) >= 11 is 14.0. The van der Waals surface area contributed by atoms with E-state index in [1.807, 2.05) is 36.7 Å². The van der Waals surface area contributed by atoms with E-state index in [4.69, 9.17) is 9.47 Å². The first-order valence-corrected chi connectivity index (χ1v) is 14.5. The SMILES string of the molecule is Brc1cc(Br)c2nc(N3CCOCC3)cnc2c1.Brc1cc(Br)c2ncc(N3CCOCC3)nc2c1. The molecule has 2 fully saturated rings. The van der Waals surface area contributed by atoms with E-state index in [9.17, 15) is 0 Å². The molecule has 0 atom stereocenters. The van der Waals surface area contributed by atoms with Crippen LogP contribution in [-0.2, 0) is 9.47 Å². The molecular formula is C24H22Br4N6O2. The van der Waals surface area contributed by atoms with E-state index in [1.165, 1.54) is 0 Å². The van der Waals surface area contributed by atoms with Gasteiger partial charge in [0.05, 0.1) is 49.9 Å². The highest BCUT2D eigenvalue weighted by atomic mass is 79.9. The van der Waals surface area contributed by atoms with Crippen LogP contribution in [0.2, 0.25) is 0 Å². The Kier molecular flexibility index (Phi) is 8.69. The average molecular weight is 746 g/mol. The molecular weight excluding hydrogens is 724 g/mol. The number of morpholine rings is 2. The minimum atomic E-state index is 0.751. The summed E-state index contributed by atoms with van der Waals surface area (Å²) in [6, 6.07) is 7.92. The van der Waals surface area contributed by atoms with Crippen molar-refractivity contribution in [1.82, 2.24) is 19.9 Å². The van der Waals surface area contributed by atoms with Gasteiger partial charge in [0.2, 0.25) is 0 Å². The second-order valence-corrected chi connectivity index (χ2v) is 11.7. The van der Waals surface area contributed by atoms with Gasteiger partial charge in [-0.05, 0) is 56.1 Å². The Morgan fingerprint density at radius 3 is 1.69 bits per heavy atom. The highest BCUT2D eigenvalue weighted by Gasteiger charge is 2.15. The fourth-order valence-corrected chi connectivity index (χ4v) is 6.56. The van der Waals surface area contributed by atoms with Crippen LogP contribution in [0.1, 0.15) is 0 Å². The van der Waals surface area contributed by atoms with E-state index in [1.54, 1.807) is 0 Å². The summed E-state index contributed by atoms with van der Waals surface area (Å²) < 4.78 is 14.6. The topological polar surface area (TPSA) is 76.5 Å². The van der Waals surface area contributed by atoms with Gasteiger partial charge in [0.25, 0.3) is 0 Å². The van der Waals surface area contributed by atoms with Gasteiger partial charge in [0.1, 0.15) is 22.7 Å². The summed E-state index contributed by atoms with van der Waals surface area (Å²) in [7, 11) is 0. The van der Waals surface area contributed by atoms with E-state index >= 15 is 0 Å². The maximum atomic E-state index is 5.34. The molecule has 0 aliphatic carbocycles. The fraction of sp³-hybridized carbons (Fsp3) is 0.333. The smallest absolute Gasteiger partial charge is 0.148 e. The van der Waals surface area contributed by atoms with Gasteiger partial charge in [-0.25, -0.2) is 15.0 Å². The predicted octanol–water partition coefficient (Wildman–Crippen LogP) is 5.98. The Balaban J connectivity index is 0.000000148. The number of rotatable bonds is 2. The van der Waals surface area contributed by atoms with Gasteiger partial charge in [-0.1, -0.05) is 31.9 Å². The number of benzene rings is 2. The van der Waals surface area contributed by atoms with Crippen LogP contribution < -0.4 is 9.80 Å². The molecule has 2 aromatic carbocycles. The number of hydrogen-bond acceptors (Lipinski definition) is 8. The molecule has 0 amide bonds. The third kappa shape index (κ3) is 6.16. The Labute approximate surface area is 242 Å². The number of hydrogen-bond donors (Lipinski definition) is 0. The van der Waals surface area contributed by atoms with Crippen molar-refractivity contribution in [2.24, 2.45) is 0 Å². The third-order valence-electron chi connectivity index (χ3n) is 5.78. The van der Waals surface area contributed by atoms with Crippen LogP contribution in [0.5, 0.6) is 0 Å². The molecule has 36 heavy (non-hydrogen) atoms. The highest BCUT2D eigenvalue weighted by molar-refractivity contribution is 9.11. The van der Waals surface area contributed by atoms with Crippen molar-refractivity contribution >= 4 is 97.4 Å². The van der Waals surface area contributed by atoms with Crippen LogP contribution in [0.4, 0.5) is 11.6 Å². The van der Waals surface area contributed by atoms with Gasteiger partial charge in [0, 0.05) is 44.1 Å². The van der Waals surface area contributed by atoms with Crippen molar-refractivity contribution in [1.29, 1.82) is 0 Å². The Hall–Kier alpha value is -1.44. The van der Waals surface area contributed by atoms with Gasteiger partial charge in [-0.15, -0.1) is 0 Å². The van der Waals surface area contributed by atoms with Crippen LogP contribution in [-0.4, -0.2) is 72.5 Å². The largest absolute Gasteiger partial charge is 0.378 e. The first kappa shape index (κ1) is 26.2. The predicted molar refractivity (Wildman–Crippen MR) is 156 cm³/mol. The minimum Gasteiger partial charge on any atom is -0.378 e. The van der Waals surface area contributed by atoms with Crippen LogP contribution >= 0.6 is 63.7 Å². The molecule has 6 rings (SSSR count). The fourth-order valence-electron chi connectivity index (χ4n) is 3.96.